The monoisotopic (exact) mass is 208 g/mol. The number of hydrogen-bond donors (Lipinski definition) is 3. The fraction of sp³-hybridized carbons (Fsp3) is 1.00. The largest absolute Gasteiger partial charge is 0.329 e. The van der Waals surface area contributed by atoms with Gasteiger partial charge in [0.2, 0.25) is 0 Å². The first-order valence-electron chi connectivity index (χ1n) is 3.86. The summed E-state index contributed by atoms with van der Waals surface area (Å²) < 4.78 is 0. The highest BCUT2D eigenvalue weighted by Crippen LogP contribution is 2.21. The highest BCUT2D eigenvalue weighted by atomic mass is 32.2. The molecule has 12 heavy (non-hydrogen) atoms. The van der Waals surface area contributed by atoms with Crippen molar-refractivity contribution in [2.75, 3.05) is 25.6 Å². The normalized spacial score (nSPS) is 31.2. The molecule has 1 fully saturated rings. The lowest BCUT2D eigenvalue weighted by Gasteiger charge is -2.24. The number of nitrogens with two attached hydrogens (primary N) is 1. The van der Waals surface area contributed by atoms with E-state index < -0.39 is 0 Å². The molecule has 1 saturated heterocycles. The van der Waals surface area contributed by atoms with Crippen LogP contribution in [0.5, 0.6) is 0 Å². The van der Waals surface area contributed by atoms with E-state index in [0.717, 1.165) is 6.54 Å². The summed E-state index contributed by atoms with van der Waals surface area (Å²) in [6.45, 7) is 1.63. The second-order valence-electron chi connectivity index (χ2n) is 2.49. The van der Waals surface area contributed by atoms with Crippen LogP contribution >= 0.6 is 23.5 Å². The third-order valence-electron chi connectivity index (χ3n) is 1.77. The maximum atomic E-state index is 5.53. The fourth-order valence-electron chi connectivity index (χ4n) is 1.20. The Labute approximate surface area is 82.0 Å². The van der Waals surface area contributed by atoms with E-state index in [4.69, 9.17) is 5.73 Å². The van der Waals surface area contributed by atoms with Crippen molar-refractivity contribution in [1.82, 2.24) is 15.8 Å². The number of hydrogen-bond acceptors (Lipinski definition) is 6. The smallest absolute Gasteiger partial charge is 0.122 e. The zero-order valence-corrected chi connectivity index (χ0v) is 9.04. The minimum atomic E-state index is 0.353. The predicted octanol–water partition coefficient (Wildman–Crippen LogP) is -0.352. The van der Waals surface area contributed by atoms with Gasteiger partial charge in [0.1, 0.15) is 11.0 Å². The van der Waals surface area contributed by atoms with Crippen molar-refractivity contribution < 1.29 is 0 Å². The van der Waals surface area contributed by atoms with Crippen LogP contribution in [0.3, 0.4) is 0 Å². The Kier molecular flexibility index (Phi) is 4.70. The number of nitrogens with one attached hydrogen (secondary N) is 2. The molecule has 72 valence electrons. The average molecular weight is 208 g/mol. The molecular weight excluding hydrogens is 192 g/mol. The van der Waals surface area contributed by atoms with Crippen LogP contribution in [-0.2, 0) is 0 Å². The molecule has 4 N–H and O–H groups in total. The van der Waals surface area contributed by atoms with Gasteiger partial charge in [0.25, 0.3) is 0 Å². The summed E-state index contributed by atoms with van der Waals surface area (Å²) in [5, 5.41) is 0. The summed E-state index contributed by atoms with van der Waals surface area (Å²) in [4.78, 5) is 2.31. The molecule has 4 nitrogen and oxygen atoms in total. The Morgan fingerprint density at radius 2 is 1.75 bits per heavy atom. The molecule has 1 rings (SSSR count). The van der Waals surface area contributed by atoms with Crippen LogP contribution in [0.1, 0.15) is 0 Å². The lowest BCUT2D eigenvalue weighted by atomic mass is 10.6. The molecule has 6 heteroatoms. The first-order valence-corrected chi connectivity index (χ1v) is 6.43. The highest BCUT2D eigenvalue weighted by molar-refractivity contribution is 8.00. The van der Waals surface area contributed by atoms with Crippen LogP contribution in [0.15, 0.2) is 0 Å². The molecular formula is C6H16N4S2. The van der Waals surface area contributed by atoms with Crippen molar-refractivity contribution in [2.45, 2.75) is 11.0 Å². The van der Waals surface area contributed by atoms with Crippen molar-refractivity contribution >= 4 is 23.5 Å². The molecule has 0 aliphatic carbocycles. The van der Waals surface area contributed by atoms with Crippen LogP contribution < -0.4 is 16.6 Å². The third kappa shape index (κ3) is 2.27. The minimum absolute atomic E-state index is 0.353. The van der Waals surface area contributed by atoms with Crippen molar-refractivity contribution in [3.05, 3.63) is 0 Å². The van der Waals surface area contributed by atoms with Gasteiger partial charge >= 0.3 is 0 Å². The van der Waals surface area contributed by atoms with Gasteiger partial charge in [0.05, 0.1) is 0 Å². The molecule has 0 aromatic heterocycles. The van der Waals surface area contributed by atoms with Gasteiger partial charge in [-0.15, -0.1) is 23.5 Å². The molecule has 0 spiro atoms. The van der Waals surface area contributed by atoms with Gasteiger partial charge < -0.3 is 5.73 Å². The quantitative estimate of drug-likeness (QED) is 0.587. The predicted molar refractivity (Wildman–Crippen MR) is 56.6 cm³/mol. The Bertz CT molecular complexity index is 123. The van der Waals surface area contributed by atoms with Crippen molar-refractivity contribution in [3.63, 3.8) is 0 Å². The summed E-state index contributed by atoms with van der Waals surface area (Å²) >= 11 is 3.57. The first kappa shape index (κ1) is 10.6. The second-order valence-corrected chi connectivity index (χ2v) is 4.33. The zero-order valence-electron chi connectivity index (χ0n) is 7.41. The van der Waals surface area contributed by atoms with Crippen LogP contribution in [-0.4, -0.2) is 41.5 Å². The lowest BCUT2D eigenvalue weighted by molar-refractivity contribution is 0.296. The SMILES string of the molecule is CSC1NNC(SC)N1CCN. The zero-order chi connectivity index (χ0) is 8.97. The van der Waals surface area contributed by atoms with Crippen LogP contribution in [0, 0.1) is 0 Å². The topological polar surface area (TPSA) is 53.3 Å². The van der Waals surface area contributed by atoms with Gasteiger partial charge in [-0.25, -0.2) is 10.9 Å². The van der Waals surface area contributed by atoms with Gasteiger partial charge in [0, 0.05) is 13.1 Å². The summed E-state index contributed by atoms with van der Waals surface area (Å²) in [5.41, 5.74) is 12.6. The van der Waals surface area contributed by atoms with Crippen LogP contribution in [0.25, 0.3) is 0 Å². The molecule has 0 radical (unpaired) electrons. The Balaban J connectivity index is 2.46. The Morgan fingerprint density at radius 3 is 2.08 bits per heavy atom. The standard InChI is InChI=1S/C6H16N4S2/c1-11-5-8-9-6(12-2)10(5)4-3-7/h5-6,8-9H,3-4,7H2,1-2H3. The average Bonchev–Trinajstić information content (AvgIpc) is 2.48. The van der Waals surface area contributed by atoms with E-state index in [-0.39, 0.29) is 0 Å². The Morgan fingerprint density at radius 1 is 1.25 bits per heavy atom. The van der Waals surface area contributed by atoms with Gasteiger partial charge in [-0.05, 0) is 12.5 Å². The van der Waals surface area contributed by atoms with Crippen molar-refractivity contribution in [1.29, 1.82) is 0 Å². The lowest BCUT2D eigenvalue weighted by Crippen LogP contribution is -2.39. The highest BCUT2D eigenvalue weighted by Gasteiger charge is 2.30. The van der Waals surface area contributed by atoms with Gasteiger partial charge in [0.15, 0.2) is 0 Å². The molecule has 0 amide bonds. The van der Waals surface area contributed by atoms with Gasteiger partial charge in [-0.2, -0.15) is 0 Å². The van der Waals surface area contributed by atoms with E-state index in [9.17, 15) is 0 Å². The molecule has 0 aromatic rings. The summed E-state index contributed by atoms with van der Waals surface area (Å²) in [6, 6.07) is 0. The minimum Gasteiger partial charge on any atom is -0.329 e. The van der Waals surface area contributed by atoms with E-state index in [1.807, 2.05) is 0 Å². The fourth-order valence-corrected chi connectivity index (χ4v) is 2.65. The maximum absolute atomic E-state index is 5.53. The molecule has 0 bridgehead atoms. The number of rotatable bonds is 4. The summed E-state index contributed by atoms with van der Waals surface area (Å²) in [7, 11) is 0. The van der Waals surface area contributed by atoms with Crippen molar-refractivity contribution in [3.8, 4) is 0 Å². The van der Waals surface area contributed by atoms with Gasteiger partial charge in [-0.3, -0.25) is 4.90 Å². The molecule has 0 aromatic carbocycles. The third-order valence-corrected chi connectivity index (χ3v) is 3.44. The van der Waals surface area contributed by atoms with E-state index in [2.05, 4.69) is 28.3 Å². The van der Waals surface area contributed by atoms with E-state index in [1.165, 1.54) is 0 Å². The molecule has 0 saturated carbocycles. The maximum Gasteiger partial charge on any atom is 0.122 e. The molecule has 2 atom stereocenters. The van der Waals surface area contributed by atoms with E-state index in [1.54, 1.807) is 23.5 Å². The van der Waals surface area contributed by atoms with E-state index >= 15 is 0 Å². The number of hydrazine groups is 1. The van der Waals surface area contributed by atoms with Gasteiger partial charge in [-0.1, -0.05) is 0 Å². The number of thioether (sulfide) groups is 2. The first-order chi connectivity index (χ1) is 5.83. The molecule has 1 aliphatic rings. The molecule has 1 heterocycles. The molecule has 1 aliphatic heterocycles. The second kappa shape index (κ2) is 5.31. The van der Waals surface area contributed by atoms with Crippen LogP contribution in [0.4, 0.5) is 0 Å². The molecule has 2 unspecified atom stereocenters. The van der Waals surface area contributed by atoms with Crippen LogP contribution in [0.2, 0.25) is 0 Å². The van der Waals surface area contributed by atoms with E-state index in [0.29, 0.717) is 17.5 Å². The number of nitrogens with zero attached hydrogens (tertiary/aromatic N) is 1. The summed E-state index contributed by atoms with van der Waals surface area (Å²) in [6.07, 6.45) is 4.18. The van der Waals surface area contributed by atoms with Crippen molar-refractivity contribution in [2.24, 2.45) is 5.73 Å². The Hall–Kier alpha value is 0.540. The summed E-state index contributed by atoms with van der Waals surface area (Å²) in [5.74, 6) is 0.